The zero-order valence-electron chi connectivity index (χ0n) is 8.28. The van der Waals surface area contributed by atoms with Crippen LogP contribution in [0.5, 0.6) is 0 Å². The van der Waals surface area contributed by atoms with Crippen LogP contribution in [0.1, 0.15) is 32.1 Å². The molecule has 13 heavy (non-hydrogen) atoms. The van der Waals surface area contributed by atoms with Gasteiger partial charge < -0.3 is 10.0 Å². The SMILES string of the molecule is OCCC1CCCCN1CCCS. The Hall–Kier alpha value is 0.270. The summed E-state index contributed by atoms with van der Waals surface area (Å²) in [7, 11) is 0. The maximum absolute atomic E-state index is 8.92. The molecule has 1 aliphatic rings. The largest absolute Gasteiger partial charge is 0.396 e. The fourth-order valence-electron chi connectivity index (χ4n) is 2.10. The van der Waals surface area contributed by atoms with Gasteiger partial charge in [0.25, 0.3) is 0 Å². The minimum Gasteiger partial charge on any atom is -0.396 e. The Morgan fingerprint density at radius 2 is 2.23 bits per heavy atom. The Balaban J connectivity index is 2.28. The van der Waals surface area contributed by atoms with Gasteiger partial charge in [-0.25, -0.2) is 0 Å². The first-order chi connectivity index (χ1) is 6.38. The molecule has 0 radical (unpaired) electrons. The third-order valence-electron chi connectivity index (χ3n) is 2.81. The van der Waals surface area contributed by atoms with Crippen LogP contribution in [0.4, 0.5) is 0 Å². The molecule has 78 valence electrons. The molecule has 0 spiro atoms. The molecule has 1 rings (SSSR count). The molecule has 0 aromatic rings. The van der Waals surface area contributed by atoms with Gasteiger partial charge in [0.1, 0.15) is 0 Å². The summed E-state index contributed by atoms with van der Waals surface area (Å²) in [6.45, 7) is 2.72. The maximum Gasteiger partial charge on any atom is 0.0445 e. The van der Waals surface area contributed by atoms with E-state index in [0.717, 1.165) is 18.7 Å². The second kappa shape index (κ2) is 6.68. The molecule has 1 atom stereocenters. The van der Waals surface area contributed by atoms with Crippen molar-refractivity contribution in [2.75, 3.05) is 25.4 Å². The molecule has 1 saturated heterocycles. The number of piperidine rings is 1. The van der Waals surface area contributed by atoms with Gasteiger partial charge >= 0.3 is 0 Å². The number of nitrogens with zero attached hydrogens (tertiary/aromatic N) is 1. The van der Waals surface area contributed by atoms with E-state index in [4.69, 9.17) is 5.11 Å². The molecular weight excluding hydrogens is 182 g/mol. The molecule has 0 aromatic heterocycles. The molecule has 1 heterocycles. The van der Waals surface area contributed by atoms with E-state index in [2.05, 4.69) is 17.5 Å². The van der Waals surface area contributed by atoms with Gasteiger partial charge in [-0.2, -0.15) is 12.6 Å². The monoisotopic (exact) mass is 203 g/mol. The predicted octanol–water partition coefficient (Wildman–Crippen LogP) is 1.54. The number of aliphatic hydroxyl groups excluding tert-OH is 1. The van der Waals surface area contributed by atoms with Crippen molar-refractivity contribution in [1.29, 1.82) is 0 Å². The Morgan fingerprint density at radius 3 is 2.92 bits per heavy atom. The fraction of sp³-hybridized carbons (Fsp3) is 1.00. The van der Waals surface area contributed by atoms with Gasteiger partial charge in [0.15, 0.2) is 0 Å². The van der Waals surface area contributed by atoms with Crippen molar-refractivity contribution in [2.45, 2.75) is 38.1 Å². The van der Waals surface area contributed by atoms with E-state index in [-0.39, 0.29) is 0 Å². The molecule has 1 aliphatic heterocycles. The molecule has 0 aromatic carbocycles. The predicted molar refractivity (Wildman–Crippen MR) is 59.4 cm³/mol. The molecule has 2 nitrogen and oxygen atoms in total. The van der Waals surface area contributed by atoms with Crippen molar-refractivity contribution in [1.82, 2.24) is 4.90 Å². The third-order valence-corrected chi connectivity index (χ3v) is 3.13. The molecule has 3 heteroatoms. The number of hydrogen-bond donors (Lipinski definition) is 2. The van der Waals surface area contributed by atoms with Crippen molar-refractivity contribution in [3.8, 4) is 0 Å². The van der Waals surface area contributed by atoms with E-state index in [1.54, 1.807) is 0 Å². The summed E-state index contributed by atoms with van der Waals surface area (Å²) in [5.41, 5.74) is 0. The van der Waals surface area contributed by atoms with Gasteiger partial charge in [0, 0.05) is 12.6 Å². The number of rotatable bonds is 5. The van der Waals surface area contributed by atoms with Crippen LogP contribution in [0.3, 0.4) is 0 Å². The standard InChI is InChI=1S/C10H21NOS/c12-8-5-10-4-1-2-6-11(10)7-3-9-13/h10,12-13H,1-9H2. The minimum absolute atomic E-state index is 0.335. The van der Waals surface area contributed by atoms with Crippen LogP contribution < -0.4 is 0 Å². The first-order valence-corrected chi connectivity index (χ1v) is 5.97. The molecular formula is C10H21NOS. The zero-order chi connectivity index (χ0) is 9.52. The summed E-state index contributed by atoms with van der Waals surface area (Å²) >= 11 is 4.23. The molecule has 0 amide bonds. The second-order valence-corrected chi connectivity index (χ2v) is 4.22. The van der Waals surface area contributed by atoms with E-state index in [9.17, 15) is 0 Å². The Kier molecular flexibility index (Phi) is 5.83. The van der Waals surface area contributed by atoms with Crippen molar-refractivity contribution in [3.63, 3.8) is 0 Å². The van der Waals surface area contributed by atoms with Gasteiger partial charge in [-0.15, -0.1) is 0 Å². The van der Waals surface area contributed by atoms with Gasteiger partial charge in [0.05, 0.1) is 0 Å². The van der Waals surface area contributed by atoms with Crippen molar-refractivity contribution >= 4 is 12.6 Å². The lowest BCUT2D eigenvalue weighted by Gasteiger charge is -2.35. The number of likely N-dealkylation sites (tertiary alicyclic amines) is 1. The lowest BCUT2D eigenvalue weighted by molar-refractivity contribution is 0.120. The third kappa shape index (κ3) is 3.88. The van der Waals surface area contributed by atoms with Gasteiger partial charge in [-0.05, 0) is 44.5 Å². The fourth-order valence-corrected chi connectivity index (χ4v) is 2.25. The van der Waals surface area contributed by atoms with Gasteiger partial charge in [0.2, 0.25) is 0 Å². The highest BCUT2D eigenvalue weighted by Gasteiger charge is 2.20. The number of aliphatic hydroxyl groups is 1. The van der Waals surface area contributed by atoms with Crippen molar-refractivity contribution in [2.24, 2.45) is 0 Å². The lowest BCUT2D eigenvalue weighted by Crippen LogP contribution is -2.40. The summed E-state index contributed by atoms with van der Waals surface area (Å²) in [6.07, 6.45) is 6.06. The molecule has 0 aliphatic carbocycles. The molecule has 1 unspecified atom stereocenters. The molecule has 0 saturated carbocycles. The van der Waals surface area contributed by atoms with Crippen molar-refractivity contribution < 1.29 is 5.11 Å². The maximum atomic E-state index is 8.92. The minimum atomic E-state index is 0.335. The molecule has 0 bridgehead atoms. The van der Waals surface area contributed by atoms with Crippen LogP contribution in [0.2, 0.25) is 0 Å². The zero-order valence-corrected chi connectivity index (χ0v) is 9.18. The van der Waals surface area contributed by atoms with Crippen LogP contribution in [0, 0.1) is 0 Å². The van der Waals surface area contributed by atoms with E-state index in [1.165, 1.54) is 32.2 Å². The second-order valence-electron chi connectivity index (χ2n) is 3.78. The lowest BCUT2D eigenvalue weighted by atomic mass is 9.99. The van der Waals surface area contributed by atoms with Crippen LogP contribution in [0.25, 0.3) is 0 Å². The van der Waals surface area contributed by atoms with Crippen LogP contribution >= 0.6 is 12.6 Å². The number of thiol groups is 1. The molecule has 1 N–H and O–H groups in total. The Bertz CT molecular complexity index is 130. The smallest absolute Gasteiger partial charge is 0.0445 e. The average molecular weight is 203 g/mol. The molecule has 1 fully saturated rings. The number of hydrogen-bond acceptors (Lipinski definition) is 3. The van der Waals surface area contributed by atoms with E-state index in [0.29, 0.717) is 12.6 Å². The van der Waals surface area contributed by atoms with Crippen LogP contribution in [0.15, 0.2) is 0 Å². The highest BCUT2D eigenvalue weighted by molar-refractivity contribution is 7.80. The summed E-state index contributed by atoms with van der Waals surface area (Å²) in [4.78, 5) is 2.52. The average Bonchev–Trinajstić information content (AvgIpc) is 2.17. The quantitative estimate of drug-likeness (QED) is 0.662. The highest BCUT2D eigenvalue weighted by Crippen LogP contribution is 2.19. The van der Waals surface area contributed by atoms with Gasteiger partial charge in [-0.3, -0.25) is 0 Å². The summed E-state index contributed by atoms with van der Waals surface area (Å²) in [5, 5.41) is 8.92. The van der Waals surface area contributed by atoms with E-state index in [1.807, 2.05) is 0 Å². The summed E-state index contributed by atoms with van der Waals surface area (Å²) in [6, 6.07) is 0.638. The normalized spacial score (nSPS) is 24.9. The Morgan fingerprint density at radius 1 is 1.38 bits per heavy atom. The van der Waals surface area contributed by atoms with E-state index < -0.39 is 0 Å². The van der Waals surface area contributed by atoms with Crippen LogP contribution in [-0.2, 0) is 0 Å². The first kappa shape index (κ1) is 11.3. The van der Waals surface area contributed by atoms with Gasteiger partial charge in [-0.1, -0.05) is 6.42 Å². The Labute approximate surface area is 86.7 Å². The summed E-state index contributed by atoms with van der Waals surface area (Å²) < 4.78 is 0. The highest BCUT2D eigenvalue weighted by atomic mass is 32.1. The van der Waals surface area contributed by atoms with Crippen molar-refractivity contribution in [3.05, 3.63) is 0 Å². The van der Waals surface area contributed by atoms with Crippen LogP contribution in [-0.4, -0.2) is 41.5 Å². The topological polar surface area (TPSA) is 23.5 Å². The van der Waals surface area contributed by atoms with E-state index >= 15 is 0 Å². The summed E-state index contributed by atoms with van der Waals surface area (Å²) in [5.74, 6) is 0.975. The first-order valence-electron chi connectivity index (χ1n) is 5.34.